The highest BCUT2D eigenvalue weighted by atomic mass is 32.2. The quantitative estimate of drug-likeness (QED) is 0.775. The van der Waals surface area contributed by atoms with Gasteiger partial charge in [-0.15, -0.1) is 0 Å². The van der Waals surface area contributed by atoms with Crippen LogP contribution in [0, 0.1) is 0 Å². The Labute approximate surface area is 120 Å². The molecule has 0 radical (unpaired) electrons. The van der Waals surface area contributed by atoms with Gasteiger partial charge in [0.25, 0.3) is 0 Å². The molecule has 0 saturated heterocycles. The molecule has 1 rings (SSSR count). The number of nitrogens with one attached hydrogen (secondary N) is 2. The Morgan fingerprint density at radius 1 is 1.26 bits per heavy atom. The van der Waals surface area contributed by atoms with E-state index < -0.39 is 10.0 Å². The van der Waals surface area contributed by atoms with Gasteiger partial charge in [0.15, 0.2) is 0 Å². The fourth-order valence-corrected chi connectivity index (χ4v) is 2.80. The first-order chi connectivity index (χ1) is 8.99. The predicted octanol–water partition coefficient (Wildman–Crippen LogP) is 2.54. The van der Waals surface area contributed by atoms with Crippen LogP contribution in [-0.4, -0.2) is 33.0 Å². The van der Waals surface area contributed by atoms with Gasteiger partial charge in [0.05, 0.1) is 4.90 Å². The van der Waals surface area contributed by atoms with E-state index in [1.54, 1.807) is 36.0 Å². The molecule has 1 unspecified atom stereocenters. The lowest BCUT2D eigenvalue weighted by Crippen LogP contribution is -2.24. The van der Waals surface area contributed by atoms with Crippen molar-refractivity contribution in [2.24, 2.45) is 0 Å². The second kappa shape index (κ2) is 7.77. The number of thioether (sulfide) groups is 1. The van der Waals surface area contributed by atoms with Crippen LogP contribution in [0.1, 0.15) is 20.3 Å². The van der Waals surface area contributed by atoms with Gasteiger partial charge >= 0.3 is 0 Å². The Morgan fingerprint density at radius 3 is 2.42 bits per heavy atom. The number of benzene rings is 1. The van der Waals surface area contributed by atoms with Gasteiger partial charge in [0.2, 0.25) is 10.0 Å². The Kier molecular flexibility index (Phi) is 6.68. The summed E-state index contributed by atoms with van der Waals surface area (Å²) >= 11 is 1.79. The van der Waals surface area contributed by atoms with Gasteiger partial charge in [-0.3, -0.25) is 0 Å². The molecule has 0 aromatic heterocycles. The van der Waals surface area contributed by atoms with E-state index in [0.717, 1.165) is 18.7 Å². The minimum atomic E-state index is -3.36. The van der Waals surface area contributed by atoms with Crippen LogP contribution in [0.4, 0.5) is 5.69 Å². The summed E-state index contributed by atoms with van der Waals surface area (Å²) in [6.07, 6.45) is 2.85. The smallest absolute Gasteiger partial charge is 0.240 e. The summed E-state index contributed by atoms with van der Waals surface area (Å²) in [4.78, 5) is 0.310. The van der Waals surface area contributed by atoms with Crippen LogP contribution < -0.4 is 10.0 Å². The minimum Gasteiger partial charge on any atom is -0.384 e. The van der Waals surface area contributed by atoms with Crippen LogP contribution in [0.2, 0.25) is 0 Å². The monoisotopic (exact) mass is 302 g/mol. The van der Waals surface area contributed by atoms with Crippen LogP contribution in [0.25, 0.3) is 0 Å². The predicted molar refractivity (Wildman–Crippen MR) is 83.4 cm³/mol. The molecule has 2 N–H and O–H groups in total. The van der Waals surface area contributed by atoms with Crippen LogP contribution in [0.15, 0.2) is 29.2 Å². The van der Waals surface area contributed by atoms with E-state index >= 15 is 0 Å². The molecule has 6 heteroatoms. The van der Waals surface area contributed by atoms with E-state index in [9.17, 15) is 8.42 Å². The SMILES string of the molecule is CCCNS(=O)(=O)c1ccc(NCC(C)SC)cc1. The van der Waals surface area contributed by atoms with Crippen molar-refractivity contribution >= 4 is 27.5 Å². The molecule has 0 aliphatic rings. The normalized spacial score (nSPS) is 13.2. The minimum absolute atomic E-state index is 0.310. The third-order valence-corrected chi connectivity index (χ3v) is 5.15. The zero-order valence-electron chi connectivity index (χ0n) is 11.6. The average Bonchev–Trinajstić information content (AvgIpc) is 2.43. The van der Waals surface area contributed by atoms with E-state index in [-0.39, 0.29) is 0 Å². The van der Waals surface area contributed by atoms with E-state index in [4.69, 9.17) is 0 Å². The summed E-state index contributed by atoms with van der Waals surface area (Å²) < 4.78 is 26.3. The Bertz CT molecular complexity index is 472. The molecule has 19 heavy (non-hydrogen) atoms. The maximum Gasteiger partial charge on any atom is 0.240 e. The summed E-state index contributed by atoms with van der Waals surface area (Å²) in [5.74, 6) is 0. The lowest BCUT2D eigenvalue weighted by atomic mass is 10.3. The highest BCUT2D eigenvalue weighted by Gasteiger charge is 2.12. The Morgan fingerprint density at radius 2 is 1.89 bits per heavy atom. The van der Waals surface area contributed by atoms with E-state index in [0.29, 0.717) is 16.7 Å². The third kappa shape index (κ3) is 5.42. The maximum absolute atomic E-state index is 11.9. The van der Waals surface area contributed by atoms with Gasteiger partial charge in [0, 0.05) is 24.0 Å². The first-order valence-electron chi connectivity index (χ1n) is 6.36. The molecule has 0 spiro atoms. The molecule has 0 fully saturated rings. The van der Waals surface area contributed by atoms with Gasteiger partial charge in [-0.1, -0.05) is 13.8 Å². The molecule has 0 bridgehead atoms. The first kappa shape index (κ1) is 16.3. The molecule has 0 heterocycles. The Balaban J connectivity index is 2.65. The summed E-state index contributed by atoms with van der Waals surface area (Å²) in [7, 11) is -3.36. The van der Waals surface area contributed by atoms with Crippen molar-refractivity contribution in [2.45, 2.75) is 30.4 Å². The first-order valence-corrected chi connectivity index (χ1v) is 9.13. The number of rotatable bonds is 8. The molecule has 0 aliphatic carbocycles. The second-order valence-electron chi connectivity index (χ2n) is 4.35. The van der Waals surface area contributed by atoms with Crippen molar-refractivity contribution in [3.8, 4) is 0 Å². The summed E-state index contributed by atoms with van der Waals surface area (Å²) in [5, 5.41) is 3.80. The van der Waals surface area contributed by atoms with Crippen LogP contribution in [-0.2, 0) is 10.0 Å². The van der Waals surface area contributed by atoms with E-state index in [1.807, 2.05) is 6.92 Å². The van der Waals surface area contributed by atoms with Gasteiger partial charge in [0.1, 0.15) is 0 Å². The van der Waals surface area contributed by atoms with Crippen molar-refractivity contribution in [1.29, 1.82) is 0 Å². The number of anilines is 1. The molecule has 0 amide bonds. The van der Waals surface area contributed by atoms with Gasteiger partial charge in [-0.2, -0.15) is 11.8 Å². The molecule has 1 aromatic carbocycles. The lowest BCUT2D eigenvalue weighted by Gasteiger charge is -2.11. The van der Waals surface area contributed by atoms with Crippen molar-refractivity contribution in [3.63, 3.8) is 0 Å². The summed E-state index contributed by atoms with van der Waals surface area (Å²) in [5.41, 5.74) is 0.940. The fraction of sp³-hybridized carbons (Fsp3) is 0.538. The lowest BCUT2D eigenvalue weighted by molar-refractivity contribution is 0.581. The summed E-state index contributed by atoms with van der Waals surface area (Å²) in [6, 6.07) is 6.86. The highest BCUT2D eigenvalue weighted by Crippen LogP contribution is 2.15. The van der Waals surface area contributed by atoms with Gasteiger partial charge in [-0.25, -0.2) is 13.1 Å². The van der Waals surface area contributed by atoms with E-state index in [1.165, 1.54) is 0 Å². The molecular formula is C13H22N2O2S2. The van der Waals surface area contributed by atoms with Crippen molar-refractivity contribution in [3.05, 3.63) is 24.3 Å². The number of hydrogen-bond acceptors (Lipinski definition) is 4. The standard InChI is InChI=1S/C13H22N2O2S2/c1-4-9-15-19(16,17)13-7-5-12(6-8-13)14-10-11(2)18-3/h5-8,11,14-15H,4,9-10H2,1-3H3. The van der Waals surface area contributed by atoms with Crippen LogP contribution >= 0.6 is 11.8 Å². The zero-order valence-corrected chi connectivity index (χ0v) is 13.3. The van der Waals surface area contributed by atoms with E-state index in [2.05, 4.69) is 23.2 Å². The molecule has 1 atom stereocenters. The topological polar surface area (TPSA) is 58.2 Å². The van der Waals surface area contributed by atoms with Crippen molar-refractivity contribution < 1.29 is 8.42 Å². The zero-order chi connectivity index (χ0) is 14.3. The van der Waals surface area contributed by atoms with Crippen molar-refractivity contribution in [2.75, 3.05) is 24.7 Å². The number of hydrogen-bond donors (Lipinski definition) is 2. The molecule has 1 aromatic rings. The van der Waals surface area contributed by atoms with Crippen LogP contribution in [0.3, 0.4) is 0 Å². The van der Waals surface area contributed by atoms with Gasteiger partial charge in [-0.05, 0) is 36.9 Å². The highest BCUT2D eigenvalue weighted by molar-refractivity contribution is 7.99. The fourth-order valence-electron chi connectivity index (χ4n) is 1.42. The second-order valence-corrected chi connectivity index (χ2v) is 7.39. The van der Waals surface area contributed by atoms with Crippen LogP contribution in [0.5, 0.6) is 0 Å². The molecular weight excluding hydrogens is 280 g/mol. The summed E-state index contributed by atoms with van der Waals surface area (Å²) in [6.45, 7) is 5.41. The molecule has 0 saturated carbocycles. The average molecular weight is 302 g/mol. The number of sulfonamides is 1. The molecule has 0 aliphatic heterocycles. The Hall–Kier alpha value is -0.720. The molecule has 108 valence electrons. The third-order valence-electron chi connectivity index (χ3n) is 2.70. The largest absolute Gasteiger partial charge is 0.384 e. The van der Waals surface area contributed by atoms with Crippen molar-refractivity contribution in [1.82, 2.24) is 4.72 Å². The maximum atomic E-state index is 11.9. The molecule has 4 nitrogen and oxygen atoms in total. The van der Waals surface area contributed by atoms with Gasteiger partial charge < -0.3 is 5.32 Å².